The minimum Gasteiger partial charge on any atom is -0.496 e. The summed E-state index contributed by atoms with van der Waals surface area (Å²) in [5.41, 5.74) is 1.22. The number of methoxy groups -OCH3 is 1. The number of carbonyl (C=O) groups is 2. The SMILES string of the molecule is COc1ccccc1CC(=O)N1CCCC[C@@H]1CCn1cc(C(=O)NC(C)C)nn1. The molecule has 0 radical (unpaired) electrons. The van der Waals surface area contributed by atoms with Crippen LogP contribution in [0.4, 0.5) is 0 Å². The number of hydrogen-bond acceptors (Lipinski definition) is 5. The molecule has 162 valence electrons. The van der Waals surface area contributed by atoms with E-state index in [1.807, 2.05) is 43.0 Å². The van der Waals surface area contributed by atoms with Gasteiger partial charge in [-0.15, -0.1) is 5.10 Å². The third-order valence-corrected chi connectivity index (χ3v) is 5.36. The second kappa shape index (κ2) is 10.2. The molecule has 0 unspecified atom stereocenters. The van der Waals surface area contributed by atoms with Crippen molar-refractivity contribution >= 4 is 11.8 Å². The van der Waals surface area contributed by atoms with Crippen LogP contribution in [0.2, 0.25) is 0 Å². The van der Waals surface area contributed by atoms with Gasteiger partial charge in [0.25, 0.3) is 5.91 Å². The van der Waals surface area contributed by atoms with Crippen LogP contribution >= 0.6 is 0 Å². The molecule has 1 saturated heterocycles. The maximum atomic E-state index is 13.0. The predicted octanol–water partition coefficient (Wildman–Crippen LogP) is 2.44. The van der Waals surface area contributed by atoms with Gasteiger partial charge < -0.3 is 15.0 Å². The Kier molecular flexibility index (Phi) is 7.43. The fourth-order valence-corrected chi connectivity index (χ4v) is 3.87. The molecule has 1 aromatic carbocycles. The maximum Gasteiger partial charge on any atom is 0.273 e. The van der Waals surface area contributed by atoms with Gasteiger partial charge in [-0.25, -0.2) is 0 Å². The molecule has 1 fully saturated rings. The van der Waals surface area contributed by atoms with Crippen LogP contribution in [0.25, 0.3) is 0 Å². The number of aryl methyl sites for hydroxylation is 1. The molecule has 30 heavy (non-hydrogen) atoms. The van der Waals surface area contributed by atoms with Crippen molar-refractivity contribution in [3.63, 3.8) is 0 Å². The van der Waals surface area contributed by atoms with Crippen molar-refractivity contribution in [1.82, 2.24) is 25.2 Å². The van der Waals surface area contributed by atoms with E-state index >= 15 is 0 Å². The molecule has 0 saturated carbocycles. The Morgan fingerprint density at radius 1 is 1.27 bits per heavy atom. The summed E-state index contributed by atoms with van der Waals surface area (Å²) >= 11 is 0. The lowest BCUT2D eigenvalue weighted by molar-refractivity contribution is -0.134. The second-order valence-electron chi connectivity index (χ2n) is 8.01. The highest BCUT2D eigenvalue weighted by molar-refractivity contribution is 5.91. The molecule has 1 atom stereocenters. The number of nitrogens with one attached hydrogen (secondary N) is 1. The number of piperidine rings is 1. The standard InChI is InChI=1S/C22H31N5O3/c1-16(2)23-22(29)19-15-26(25-24-19)13-11-18-9-6-7-12-27(18)21(28)14-17-8-4-5-10-20(17)30-3/h4-5,8,10,15-16,18H,6-7,9,11-14H2,1-3H3,(H,23,29)/t18-/m1/s1. The van der Waals surface area contributed by atoms with E-state index in [2.05, 4.69) is 15.6 Å². The lowest BCUT2D eigenvalue weighted by Gasteiger charge is -2.36. The first-order valence-corrected chi connectivity index (χ1v) is 10.6. The van der Waals surface area contributed by atoms with Gasteiger partial charge in [0.05, 0.1) is 19.7 Å². The van der Waals surface area contributed by atoms with Crippen molar-refractivity contribution in [2.24, 2.45) is 0 Å². The lowest BCUT2D eigenvalue weighted by Crippen LogP contribution is -2.45. The molecule has 8 nitrogen and oxygen atoms in total. The highest BCUT2D eigenvalue weighted by Gasteiger charge is 2.27. The van der Waals surface area contributed by atoms with E-state index in [1.54, 1.807) is 18.0 Å². The first-order valence-electron chi connectivity index (χ1n) is 10.6. The third kappa shape index (κ3) is 5.58. The first kappa shape index (κ1) is 21.8. The van der Waals surface area contributed by atoms with Crippen LogP contribution in [0.15, 0.2) is 30.5 Å². The number of hydrogen-bond donors (Lipinski definition) is 1. The Bertz CT molecular complexity index is 864. The lowest BCUT2D eigenvalue weighted by atomic mass is 9.98. The molecule has 2 aromatic rings. The average Bonchev–Trinajstić information content (AvgIpc) is 3.21. The van der Waals surface area contributed by atoms with Gasteiger partial charge in [-0.05, 0) is 45.6 Å². The third-order valence-electron chi connectivity index (χ3n) is 5.36. The fourth-order valence-electron chi connectivity index (χ4n) is 3.87. The van der Waals surface area contributed by atoms with E-state index in [4.69, 9.17) is 4.74 Å². The van der Waals surface area contributed by atoms with Crippen molar-refractivity contribution in [3.8, 4) is 5.75 Å². The number of likely N-dealkylation sites (tertiary alicyclic amines) is 1. The maximum absolute atomic E-state index is 13.0. The Hall–Kier alpha value is -2.90. The van der Waals surface area contributed by atoms with Crippen LogP contribution in [-0.2, 0) is 17.8 Å². The van der Waals surface area contributed by atoms with Crippen molar-refractivity contribution in [2.75, 3.05) is 13.7 Å². The van der Waals surface area contributed by atoms with Gasteiger partial charge in [-0.3, -0.25) is 14.3 Å². The van der Waals surface area contributed by atoms with Gasteiger partial charge in [0.1, 0.15) is 5.75 Å². The fraction of sp³-hybridized carbons (Fsp3) is 0.545. The zero-order valence-corrected chi connectivity index (χ0v) is 18.0. The summed E-state index contributed by atoms with van der Waals surface area (Å²) in [7, 11) is 1.63. The van der Waals surface area contributed by atoms with Crippen LogP contribution < -0.4 is 10.1 Å². The summed E-state index contributed by atoms with van der Waals surface area (Å²) in [6.07, 6.45) is 5.91. The molecule has 2 heterocycles. The average molecular weight is 414 g/mol. The number of para-hydroxylation sites is 1. The zero-order chi connectivity index (χ0) is 21.5. The van der Waals surface area contributed by atoms with E-state index in [0.717, 1.165) is 43.5 Å². The molecule has 1 aliphatic heterocycles. The van der Waals surface area contributed by atoms with Crippen LogP contribution in [0.5, 0.6) is 5.75 Å². The summed E-state index contributed by atoms with van der Waals surface area (Å²) in [6, 6.07) is 7.87. The summed E-state index contributed by atoms with van der Waals surface area (Å²) in [4.78, 5) is 27.1. The molecule has 1 aliphatic rings. The second-order valence-corrected chi connectivity index (χ2v) is 8.01. The largest absolute Gasteiger partial charge is 0.496 e. The summed E-state index contributed by atoms with van der Waals surface area (Å²) in [6.45, 7) is 5.20. The number of rotatable bonds is 8. The Morgan fingerprint density at radius 2 is 2.07 bits per heavy atom. The van der Waals surface area contributed by atoms with Gasteiger partial charge in [-0.2, -0.15) is 0 Å². The normalized spacial score (nSPS) is 16.5. The number of benzene rings is 1. The topological polar surface area (TPSA) is 89.4 Å². The molecule has 3 rings (SSSR count). The quantitative estimate of drug-likeness (QED) is 0.718. The molecule has 1 aromatic heterocycles. The number of amides is 2. The Morgan fingerprint density at radius 3 is 2.83 bits per heavy atom. The van der Waals surface area contributed by atoms with E-state index < -0.39 is 0 Å². The van der Waals surface area contributed by atoms with E-state index in [-0.39, 0.29) is 23.9 Å². The number of carbonyl (C=O) groups excluding carboxylic acids is 2. The Labute approximate surface area is 177 Å². The van der Waals surface area contributed by atoms with Crippen molar-refractivity contribution in [3.05, 3.63) is 41.7 Å². The predicted molar refractivity (Wildman–Crippen MR) is 113 cm³/mol. The van der Waals surface area contributed by atoms with Crippen molar-refractivity contribution < 1.29 is 14.3 Å². The van der Waals surface area contributed by atoms with Crippen LogP contribution in [0.3, 0.4) is 0 Å². The van der Waals surface area contributed by atoms with E-state index in [1.165, 1.54) is 0 Å². The first-order chi connectivity index (χ1) is 14.5. The number of ether oxygens (including phenoxy) is 1. The minimum absolute atomic E-state index is 0.0488. The molecule has 2 amide bonds. The van der Waals surface area contributed by atoms with Gasteiger partial charge in [0.2, 0.25) is 5.91 Å². The molecule has 1 N–H and O–H groups in total. The highest BCUT2D eigenvalue weighted by atomic mass is 16.5. The molecule has 0 bridgehead atoms. The number of nitrogens with zero attached hydrogens (tertiary/aromatic N) is 4. The van der Waals surface area contributed by atoms with Crippen LogP contribution in [-0.4, -0.2) is 57.4 Å². The summed E-state index contributed by atoms with van der Waals surface area (Å²) in [5, 5.41) is 10.9. The molecule has 8 heteroatoms. The molecular weight excluding hydrogens is 382 g/mol. The van der Waals surface area contributed by atoms with Gasteiger partial charge in [0, 0.05) is 30.7 Å². The molecular formula is C22H31N5O3. The zero-order valence-electron chi connectivity index (χ0n) is 18.0. The van der Waals surface area contributed by atoms with Crippen LogP contribution in [0, 0.1) is 0 Å². The Balaban J connectivity index is 1.60. The summed E-state index contributed by atoms with van der Waals surface area (Å²) in [5.74, 6) is 0.650. The molecule has 0 spiro atoms. The van der Waals surface area contributed by atoms with E-state index in [9.17, 15) is 9.59 Å². The van der Waals surface area contributed by atoms with Crippen molar-refractivity contribution in [2.45, 2.75) is 64.6 Å². The van der Waals surface area contributed by atoms with Gasteiger partial charge in [-0.1, -0.05) is 23.4 Å². The highest BCUT2D eigenvalue weighted by Crippen LogP contribution is 2.24. The summed E-state index contributed by atoms with van der Waals surface area (Å²) < 4.78 is 7.08. The number of aromatic nitrogens is 3. The molecule has 0 aliphatic carbocycles. The minimum atomic E-state index is -0.220. The van der Waals surface area contributed by atoms with Gasteiger partial charge in [0.15, 0.2) is 5.69 Å². The van der Waals surface area contributed by atoms with Crippen molar-refractivity contribution in [1.29, 1.82) is 0 Å². The van der Waals surface area contributed by atoms with Crippen LogP contribution in [0.1, 0.15) is 55.6 Å². The smallest absolute Gasteiger partial charge is 0.273 e. The van der Waals surface area contributed by atoms with Gasteiger partial charge >= 0.3 is 0 Å². The monoisotopic (exact) mass is 413 g/mol. The van der Waals surface area contributed by atoms with E-state index in [0.29, 0.717) is 18.7 Å².